The number of nitrogens with two attached hydrogens (primary N) is 1. The average molecular weight is 311 g/mol. The van der Waals surface area contributed by atoms with E-state index < -0.39 is 5.54 Å². The smallest absolute Gasteiger partial charge is 0.326 e. The highest BCUT2D eigenvalue weighted by atomic mass is 16.5. The first-order chi connectivity index (χ1) is 11.1. The molecule has 122 valence electrons. The molecular weight excluding hydrogens is 286 g/mol. The zero-order chi connectivity index (χ0) is 16.7. The number of carbonyl (C=O) groups is 1. The van der Waals surface area contributed by atoms with Gasteiger partial charge in [0, 0.05) is 6.42 Å². The maximum atomic E-state index is 12.4. The quantitative estimate of drug-likeness (QED) is 0.788. The lowest BCUT2D eigenvalue weighted by atomic mass is 9.84. The second kappa shape index (κ2) is 7.93. The summed E-state index contributed by atoms with van der Waals surface area (Å²) in [5.41, 5.74) is 8.78. The molecule has 0 saturated heterocycles. The van der Waals surface area contributed by atoms with Gasteiger partial charge in [-0.15, -0.1) is 0 Å². The molecule has 1 atom stereocenters. The minimum atomic E-state index is -0.977. The normalized spacial score (nSPS) is 13.3. The van der Waals surface area contributed by atoms with E-state index in [1.54, 1.807) is 0 Å². The summed E-state index contributed by atoms with van der Waals surface area (Å²) in [5, 5.41) is 0. The summed E-state index contributed by atoms with van der Waals surface area (Å²) >= 11 is 0. The van der Waals surface area contributed by atoms with Gasteiger partial charge in [-0.1, -0.05) is 67.9 Å². The summed E-state index contributed by atoms with van der Waals surface area (Å²) in [7, 11) is 0. The molecule has 0 aromatic heterocycles. The Hall–Kier alpha value is -2.13. The van der Waals surface area contributed by atoms with Crippen molar-refractivity contribution in [1.82, 2.24) is 0 Å². The molecule has 23 heavy (non-hydrogen) atoms. The first-order valence-corrected chi connectivity index (χ1v) is 8.20. The molecule has 0 heterocycles. The third-order valence-corrected chi connectivity index (χ3v) is 3.99. The second-order valence-corrected chi connectivity index (χ2v) is 5.83. The average Bonchev–Trinajstić information content (AvgIpc) is 2.56. The maximum Gasteiger partial charge on any atom is 0.326 e. The summed E-state index contributed by atoms with van der Waals surface area (Å²) in [6, 6.07) is 18.3. The molecule has 2 N–H and O–H groups in total. The molecule has 0 spiro atoms. The van der Waals surface area contributed by atoms with E-state index in [4.69, 9.17) is 10.5 Å². The Bertz CT molecular complexity index is 639. The van der Waals surface area contributed by atoms with Crippen molar-refractivity contribution in [3.8, 4) is 11.1 Å². The van der Waals surface area contributed by atoms with E-state index in [1.807, 2.05) is 50.2 Å². The number of rotatable bonds is 7. The van der Waals surface area contributed by atoms with Crippen LogP contribution in [0.5, 0.6) is 0 Å². The van der Waals surface area contributed by atoms with Gasteiger partial charge in [-0.25, -0.2) is 0 Å². The highest BCUT2D eigenvalue weighted by Gasteiger charge is 2.35. The Morgan fingerprint density at radius 3 is 2.35 bits per heavy atom. The fourth-order valence-corrected chi connectivity index (χ4v) is 2.90. The third-order valence-electron chi connectivity index (χ3n) is 3.99. The number of hydrogen-bond acceptors (Lipinski definition) is 3. The van der Waals surface area contributed by atoms with Gasteiger partial charge >= 0.3 is 5.97 Å². The molecule has 1 unspecified atom stereocenters. The van der Waals surface area contributed by atoms with Crippen LogP contribution in [0.25, 0.3) is 11.1 Å². The minimum Gasteiger partial charge on any atom is -0.465 e. The van der Waals surface area contributed by atoms with Crippen LogP contribution in [0.3, 0.4) is 0 Å². The van der Waals surface area contributed by atoms with Gasteiger partial charge in [0.1, 0.15) is 5.54 Å². The minimum absolute atomic E-state index is 0.315. The van der Waals surface area contributed by atoms with Crippen LogP contribution in [-0.4, -0.2) is 18.1 Å². The van der Waals surface area contributed by atoms with Crippen molar-refractivity contribution >= 4 is 5.97 Å². The molecule has 0 aliphatic rings. The predicted octanol–water partition coefficient (Wildman–Crippen LogP) is 3.96. The standard InChI is InChI=1S/C20H25NO2/c1-3-14-20(21,19(22)23-4-2)15-17-12-8-9-13-18(17)16-10-6-5-7-11-16/h5-13H,3-4,14-15,21H2,1-2H3. The zero-order valence-electron chi connectivity index (χ0n) is 13.9. The van der Waals surface area contributed by atoms with Crippen LogP contribution in [0.15, 0.2) is 54.6 Å². The van der Waals surface area contributed by atoms with E-state index in [1.165, 1.54) is 0 Å². The second-order valence-electron chi connectivity index (χ2n) is 5.83. The lowest BCUT2D eigenvalue weighted by Gasteiger charge is -2.27. The zero-order valence-corrected chi connectivity index (χ0v) is 13.9. The Balaban J connectivity index is 2.36. The van der Waals surface area contributed by atoms with Gasteiger partial charge in [-0.2, -0.15) is 0 Å². The maximum absolute atomic E-state index is 12.4. The van der Waals surface area contributed by atoms with Crippen LogP contribution >= 0.6 is 0 Å². The lowest BCUT2D eigenvalue weighted by molar-refractivity contribution is -0.150. The van der Waals surface area contributed by atoms with Crippen molar-refractivity contribution in [3.05, 3.63) is 60.2 Å². The summed E-state index contributed by atoms with van der Waals surface area (Å²) in [4.78, 5) is 12.4. The molecule has 0 radical (unpaired) electrons. The number of benzene rings is 2. The summed E-state index contributed by atoms with van der Waals surface area (Å²) < 4.78 is 5.21. The number of ether oxygens (including phenoxy) is 1. The van der Waals surface area contributed by atoms with Crippen molar-refractivity contribution in [2.75, 3.05) is 6.61 Å². The SMILES string of the molecule is CCCC(N)(Cc1ccccc1-c1ccccc1)C(=O)OCC. The molecule has 2 aromatic carbocycles. The lowest BCUT2D eigenvalue weighted by Crippen LogP contribution is -2.51. The number of esters is 1. The van der Waals surface area contributed by atoms with Crippen LogP contribution in [0, 0.1) is 0 Å². The van der Waals surface area contributed by atoms with E-state index in [9.17, 15) is 4.79 Å². The van der Waals surface area contributed by atoms with E-state index in [0.717, 1.165) is 23.1 Å². The monoisotopic (exact) mass is 311 g/mol. The van der Waals surface area contributed by atoms with Crippen LogP contribution < -0.4 is 5.73 Å². The highest BCUT2D eigenvalue weighted by molar-refractivity contribution is 5.82. The van der Waals surface area contributed by atoms with Gasteiger partial charge in [0.2, 0.25) is 0 Å². The van der Waals surface area contributed by atoms with Crippen LogP contribution in [-0.2, 0) is 16.0 Å². The largest absolute Gasteiger partial charge is 0.465 e. The highest BCUT2D eigenvalue weighted by Crippen LogP contribution is 2.28. The summed E-state index contributed by atoms with van der Waals surface area (Å²) in [6.45, 7) is 4.19. The Labute approximate surface area is 138 Å². The summed E-state index contributed by atoms with van der Waals surface area (Å²) in [6.07, 6.45) is 1.92. The molecular formula is C20H25NO2. The van der Waals surface area contributed by atoms with Gasteiger partial charge in [0.25, 0.3) is 0 Å². The van der Waals surface area contributed by atoms with Crippen molar-refractivity contribution in [2.45, 2.75) is 38.6 Å². The summed E-state index contributed by atoms with van der Waals surface area (Å²) in [5.74, 6) is -0.315. The number of carbonyl (C=O) groups excluding carboxylic acids is 1. The van der Waals surface area contributed by atoms with Crippen LogP contribution in [0.4, 0.5) is 0 Å². The first kappa shape index (κ1) is 17.2. The fraction of sp³-hybridized carbons (Fsp3) is 0.350. The molecule has 0 fully saturated rings. The van der Waals surface area contributed by atoms with E-state index in [-0.39, 0.29) is 5.97 Å². The molecule has 3 nitrogen and oxygen atoms in total. The fourth-order valence-electron chi connectivity index (χ4n) is 2.90. The molecule has 0 amide bonds. The van der Waals surface area contributed by atoms with Gasteiger partial charge in [-0.3, -0.25) is 4.79 Å². The molecule has 0 bridgehead atoms. The predicted molar refractivity (Wildman–Crippen MR) is 94.0 cm³/mol. The molecule has 2 aromatic rings. The van der Waals surface area contributed by atoms with Gasteiger partial charge in [-0.05, 0) is 30.0 Å². The van der Waals surface area contributed by atoms with Crippen molar-refractivity contribution in [2.24, 2.45) is 5.73 Å². The van der Waals surface area contributed by atoms with Crippen LogP contribution in [0.1, 0.15) is 32.3 Å². The van der Waals surface area contributed by atoms with Crippen molar-refractivity contribution in [3.63, 3.8) is 0 Å². The number of hydrogen-bond donors (Lipinski definition) is 1. The van der Waals surface area contributed by atoms with Gasteiger partial charge in [0.15, 0.2) is 0 Å². The molecule has 0 aliphatic heterocycles. The topological polar surface area (TPSA) is 52.3 Å². The van der Waals surface area contributed by atoms with E-state index in [0.29, 0.717) is 19.4 Å². The van der Waals surface area contributed by atoms with Crippen molar-refractivity contribution < 1.29 is 9.53 Å². The molecule has 2 rings (SSSR count). The molecule has 3 heteroatoms. The Kier molecular flexibility index (Phi) is 5.94. The Morgan fingerprint density at radius 1 is 1.04 bits per heavy atom. The van der Waals surface area contributed by atoms with Gasteiger partial charge < -0.3 is 10.5 Å². The first-order valence-electron chi connectivity index (χ1n) is 8.20. The van der Waals surface area contributed by atoms with Crippen molar-refractivity contribution in [1.29, 1.82) is 0 Å². The Morgan fingerprint density at radius 2 is 1.70 bits per heavy atom. The third kappa shape index (κ3) is 4.20. The molecule has 0 saturated carbocycles. The molecule has 0 aliphatic carbocycles. The van der Waals surface area contributed by atoms with E-state index in [2.05, 4.69) is 18.2 Å². The van der Waals surface area contributed by atoms with Gasteiger partial charge in [0.05, 0.1) is 6.61 Å². The van der Waals surface area contributed by atoms with Crippen LogP contribution in [0.2, 0.25) is 0 Å². The van der Waals surface area contributed by atoms with E-state index >= 15 is 0 Å².